The first-order valence-corrected chi connectivity index (χ1v) is 11.0. The van der Waals surface area contributed by atoms with Crippen molar-refractivity contribution in [3.63, 3.8) is 0 Å². The molecule has 27 heavy (non-hydrogen) atoms. The van der Waals surface area contributed by atoms with Gasteiger partial charge in [-0.3, -0.25) is 14.5 Å². The van der Waals surface area contributed by atoms with Crippen LogP contribution in [0, 0.1) is 0 Å². The Morgan fingerprint density at radius 1 is 1.15 bits per heavy atom. The minimum Gasteiger partial charge on any atom is -0.340 e. The fourth-order valence-corrected chi connectivity index (χ4v) is 5.83. The number of amides is 2. The van der Waals surface area contributed by atoms with Gasteiger partial charge in [-0.05, 0) is 18.1 Å². The second-order valence-electron chi connectivity index (χ2n) is 7.30. The van der Waals surface area contributed by atoms with Crippen LogP contribution in [0.2, 0.25) is 0 Å². The summed E-state index contributed by atoms with van der Waals surface area (Å²) in [7, 11) is -2.90. The highest BCUT2D eigenvalue weighted by Crippen LogP contribution is 2.30. The van der Waals surface area contributed by atoms with Gasteiger partial charge in [0.2, 0.25) is 5.91 Å². The molecule has 2 amide bonds. The predicted octanol–water partition coefficient (Wildman–Crippen LogP) is 1.06. The molecular formula is C18H22N4O4S. The second-order valence-corrected chi connectivity index (χ2v) is 9.53. The fraction of sp³-hybridized carbons (Fsp3) is 0.556. The van der Waals surface area contributed by atoms with Gasteiger partial charge >= 0.3 is 0 Å². The van der Waals surface area contributed by atoms with Crippen LogP contribution >= 0.6 is 0 Å². The van der Waals surface area contributed by atoms with Gasteiger partial charge in [-0.1, -0.05) is 18.2 Å². The molecule has 2 unspecified atom stereocenters. The van der Waals surface area contributed by atoms with Crippen LogP contribution in [0.1, 0.15) is 34.8 Å². The zero-order valence-corrected chi connectivity index (χ0v) is 15.8. The molecule has 8 nitrogen and oxygen atoms in total. The van der Waals surface area contributed by atoms with Crippen LogP contribution in [0.15, 0.2) is 34.5 Å². The lowest BCUT2D eigenvalue weighted by Gasteiger charge is -2.38. The number of sulfone groups is 1. The van der Waals surface area contributed by atoms with Crippen molar-refractivity contribution < 1.29 is 18.0 Å². The van der Waals surface area contributed by atoms with Crippen LogP contribution in [-0.4, -0.2) is 73.8 Å². The predicted molar refractivity (Wildman–Crippen MR) is 98.2 cm³/mol. The maximum atomic E-state index is 12.7. The topological polar surface area (TPSA) is 99.5 Å². The van der Waals surface area contributed by atoms with Crippen molar-refractivity contribution in [1.82, 2.24) is 9.80 Å². The van der Waals surface area contributed by atoms with E-state index in [1.165, 1.54) is 0 Å². The SMILES string of the molecule is O=C1N=NC(CC(=O)N2CCN(C3CCS(=O)(=O)C3)CC2)c2ccccc21. The van der Waals surface area contributed by atoms with Crippen molar-refractivity contribution in [2.45, 2.75) is 24.9 Å². The summed E-state index contributed by atoms with van der Waals surface area (Å²) >= 11 is 0. The molecule has 0 spiro atoms. The van der Waals surface area contributed by atoms with E-state index in [1.54, 1.807) is 17.0 Å². The molecule has 0 saturated carbocycles. The number of hydrogen-bond acceptors (Lipinski definition) is 6. The normalized spacial score (nSPS) is 27.6. The fourth-order valence-electron chi connectivity index (χ4n) is 4.07. The monoisotopic (exact) mass is 390 g/mol. The highest BCUT2D eigenvalue weighted by atomic mass is 32.2. The van der Waals surface area contributed by atoms with Crippen LogP contribution in [0.4, 0.5) is 0 Å². The molecule has 1 aromatic rings. The Labute approximate surface area is 158 Å². The number of hydrogen-bond donors (Lipinski definition) is 0. The van der Waals surface area contributed by atoms with Crippen molar-refractivity contribution in [3.8, 4) is 0 Å². The minimum atomic E-state index is -2.90. The average molecular weight is 390 g/mol. The first-order chi connectivity index (χ1) is 12.9. The van der Waals surface area contributed by atoms with E-state index in [2.05, 4.69) is 15.1 Å². The van der Waals surface area contributed by atoms with Crippen molar-refractivity contribution >= 4 is 21.7 Å². The average Bonchev–Trinajstić information content (AvgIpc) is 3.04. The number of azo groups is 1. The van der Waals surface area contributed by atoms with Gasteiger partial charge in [-0.2, -0.15) is 5.11 Å². The van der Waals surface area contributed by atoms with E-state index >= 15 is 0 Å². The number of rotatable bonds is 3. The van der Waals surface area contributed by atoms with Gasteiger partial charge in [-0.25, -0.2) is 8.42 Å². The maximum absolute atomic E-state index is 12.7. The lowest BCUT2D eigenvalue weighted by Crippen LogP contribution is -2.52. The number of carbonyl (C=O) groups excluding carboxylic acids is 2. The summed E-state index contributed by atoms with van der Waals surface area (Å²) in [5, 5.41) is 7.71. The summed E-state index contributed by atoms with van der Waals surface area (Å²) in [4.78, 5) is 28.5. The molecule has 9 heteroatoms. The Kier molecular flexibility index (Phi) is 4.81. The third kappa shape index (κ3) is 3.79. The zero-order valence-electron chi connectivity index (χ0n) is 15.0. The van der Waals surface area contributed by atoms with Gasteiger partial charge < -0.3 is 4.90 Å². The third-order valence-corrected chi connectivity index (χ3v) is 7.35. The Morgan fingerprint density at radius 3 is 2.59 bits per heavy atom. The highest BCUT2D eigenvalue weighted by Gasteiger charge is 2.35. The highest BCUT2D eigenvalue weighted by molar-refractivity contribution is 7.91. The van der Waals surface area contributed by atoms with Gasteiger partial charge in [0.15, 0.2) is 9.84 Å². The molecule has 3 heterocycles. The van der Waals surface area contributed by atoms with E-state index < -0.39 is 15.9 Å². The molecule has 0 N–H and O–H groups in total. The third-order valence-electron chi connectivity index (χ3n) is 5.60. The number of benzene rings is 1. The number of carbonyl (C=O) groups is 2. The van der Waals surface area contributed by atoms with E-state index in [4.69, 9.17) is 0 Å². The Bertz CT molecular complexity index is 890. The van der Waals surface area contributed by atoms with Gasteiger partial charge in [0.05, 0.1) is 17.9 Å². The lowest BCUT2D eigenvalue weighted by molar-refractivity contribution is -0.133. The van der Waals surface area contributed by atoms with Gasteiger partial charge in [-0.15, -0.1) is 5.11 Å². The van der Waals surface area contributed by atoms with Crippen LogP contribution in [0.25, 0.3) is 0 Å². The van der Waals surface area contributed by atoms with Gasteiger partial charge in [0.1, 0.15) is 6.04 Å². The summed E-state index contributed by atoms with van der Waals surface area (Å²) in [6, 6.07) is 6.79. The molecule has 4 rings (SSSR count). The molecule has 1 aromatic carbocycles. The van der Waals surface area contributed by atoms with E-state index in [9.17, 15) is 18.0 Å². The van der Waals surface area contributed by atoms with Gasteiger partial charge in [0, 0.05) is 37.8 Å². The zero-order chi connectivity index (χ0) is 19.0. The Morgan fingerprint density at radius 2 is 1.89 bits per heavy atom. The largest absolute Gasteiger partial charge is 0.340 e. The molecule has 2 fully saturated rings. The molecule has 144 valence electrons. The molecule has 0 bridgehead atoms. The standard InChI is InChI=1S/C18H22N4O4S/c23-17(11-16-14-3-1-2-4-15(14)18(24)20-19-16)22-8-6-21(7-9-22)13-5-10-27(25,26)12-13/h1-4,13,16H,5-12H2. The van der Waals surface area contributed by atoms with Crippen LogP contribution in [-0.2, 0) is 14.6 Å². The van der Waals surface area contributed by atoms with Crippen molar-refractivity contribution in [2.24, 2.45) is 10.2 Å². The van der Waals surface area contributed by atoms with Crippen molar-refractivity contribution in [3.05, 3.63) is 35.4 Å². The van der Waals surface area contributed by atoms with E-state index in [1.807, 2.05) is 12.1 Å². The smallest absolute Gasteiger partial charge is 0.295 e. The van der Waals surface area contributed by atoms with Crippen LogP contribution < -0.4 is 0 Å². The molecule has 0 radical (unpaired) electrons. The van der Waals surface area contributed by atoms with Crippen molar-refractivity contribution in [1.29, 1.82) is 0 Å². The van der Waals surface area contributed by atoms with E-state index in [-0.39, 0.29) is 35.8 Å². The number of piperazine rings is 1. The first kappa shape index (κ1) is 18.2. The number of fused-ring (bicyclic) bond motifs is 1. The summed E-state index contributed by atoms with van der Waals surface area (Å²) in [5.74, 6) is 0.117. The lowest BCUT2D eigenvalue weighted by atomic mass is 9.96. The summed E-state index contributed by atoms with van der Waals surface area (Å²) in [6.45, 7) is 2.54. The minimum absolute atomic E-state index is 0.0122. The Hall–Kier alpha value is -2.13. The summed E-state index contributed by atoms with van der Waals surface area (Å²) < 4.78 is 23.3. The second kappa shape index (κ2) is 7.12. The number of nitrogens with zero attached hydrogens (tertiary/aromatic N) is 4. The van der Waals surface area contributed by atoms with Gasteiger partial charge in [0.25, 0.3) is 5.91 Å². The first-order valence-electron chi connectivity index (χ1n) is 9.19. The molecule has 2 atom stereocenters. The quantitative estimate of drug-likeness (QED) is 0.768. The summed E-state index contributed by atoms with van der Waals surface area (Å²) in [5.41, 5.74) is 1.26. The molecule has 3 aliphatic rings. The Balaban J connectivity index is 1.35. The molecule has 0 aromatic heterocycles. The molecule has 0 aliphatic carbocycles. The molecule has 2 saturated heterocycles. The maximum Gasteiger partial charge on any atom is 0.295 e. The van der Waals surface area contributed by atoms with Crippen LogP contribution in [0.5, 0.6) is 0 Å². The molecule has 3 aliphatic heterocycles. The van der Waals surface area contributed by atoms with E-state index in [0.29, 0.717) is 38.2 Å². The molecular weight excluding hydrogens is 368 g/mol. The summed E-state index contributed by atoms with van der Waals surface area (Å²) in [6.07, 6.45) is 0.870. The van der Waals surface area contributed by atoms with Crippen molar-refractivity contribution in [2.75, 3.05) is 37.7 Å². The van der Waals surface area contributed by atoms with E-state index in [0.717, 1.165) is 5.56 Å². The van der Waals surface area contributed by atoms with Crippen LogP contribution in [0.3, 0.4) is 0 Å².